The number of hydrogen-bond donors (Lipinski definition) is 2. The minimum absolute atomic E-state index is 0.0295. The lowest BCUT2D eigenvalue weighted by Gasteiger charge is -2.18. The maximum absolute atomic E-state index is 11.8. The van der Waals surface area contributed by atoms with Crippen LogP contribution in [0.25, 0.3) is 0 Å². The van der Waals surface area contributed by atoms with Crippen LogP contribution in [0.15, 0.2) is 0 Å². The maximum Gasteiger partial charge on any atom is 0.317 e. The lowest BCUT2D eigenvalue weighted by molar-refractivity contribution is -0.142. The fraction of sp³-hybridized carbons (Fsp3) is 0.833. The van der Waals surface area contributed by atoms with Crippen molar-refractivity contribution >= 4 is 12.0 Å². The summed E-state index contributed by atoms with van der Waals surface area (Å²) in [5.41, 5.74) is 0. The molecule has 5 heteroatoms. The molecule has 1 heterocycles. The van der Waals surface area contributed by atoms with Gasteiger partial charge < -0.3 is 15.3 Å². The Hall–Kier alpha value is -1.26. The Kier molecular flexibility index (Phi) is 4.78. The van der Waals surface area contributed by atoms with Gasteiger partial charge in [0.1, 0.15) is 0 Å². The molecule has 0 radical (unpaired) electrons. The zero-order valence-electron chi connectivity index (χ0n) is 10.8. The van der Waals surface area contributed by atoms with E-state index in [9.17, 15) is 9.59 Å². The smallest absolute Gasteiger partial charge is 0.317 e. The van der Waals surface area contributed by atoms with Gasteiger partial charge in [0, 0.05) is 19.6 Å². The minimum atomic E-state index is -0.810. The summed E-state index contributed by atoms with van der Waals surface area (Å²) in [6, 6.07) is -0.138. The number of urea groups is 1. The summed E-state index contributed by atoms with van der Waals surface area (Å²) in [5, 5.41) is 11.8. The number of likely N-dealkylation sites (tertiary alicyclic amines) is 1. The summed E-state index contributed by atoms with van der Waals surface area (Å²) in [6.07, 6.45) is 1.02. The van der Waals surface area contributed by atoms with Crippen LogP contribution in [0.5, 0.6) is 0 Å². The van der Waals surface area contributed by atoms with Crippen molar-refractivity contribution < 1.29 is 14.7 Å². The second kappa shape index (κ2) is 5.89. The summed E-state index contributed by atoms with van der Waals surface area (Å²) in [6.45, 7) is 7.53. The Labute approximate surface area is 102 Å². The minimum Gasteiger partial charge on any atom is -0.481 e. The number of hydrogen-bond acceptors (Lipinski definition) is 2. The van der Waals surface area contributed by atoms with Crippen LogP contribution in [0.3, 0.4) is 0 Å². The van der Waals surface area contributed by atoms with Gasteiger partial charge in [-0.05, 0) is 11.8 Å². The van der Waals surface area contributed by atoms with Crippen LogP contribution in [-0.2, 0) is 4.79 Å². The summed E-state index contributed by atoms with van der Waals surface area (Å²) in [7, 11) is 0. The predicted octanol–water partition coefficient (Wildman–Crippen LogP) is 1.39. The first-order valence-corrected chi connectivity index (χ1v) is 6.21. The van der Waals surface area contributed by atoms with E-state index in [0.717, 1.165) is 6.42 Å². The molecule has 1 saturated heterocycles. The molecule has 1 rings (SSSR count). The van der Waals surface area contributed by atoms with E-state index in [0.29, 0.717) is 25.6 Å². The molecule has 0 spiro atoms. The van der Waals surface area contributed by atoms with Crippen molar-refractivity contribution in [2.24, 2.45) is 17.8 Å². The monoisotopic (exact) mass is 242 g/mol. The van der Waals surface area contributed by atoms with Crippen molar-refractivity contribution in [1.29, 1.82) is 0 Å². The first-order chi connectivity index (χ1) is 7.95. The zero-order valence-corrected chi connectivity index (χ0v) is 10.8. The molecule has 98 valence electrons. The summed E-state index contributed by atoms with van der Waals surface area (Å²) < 4.78 is 0. The van der Waals surface area contributed by atoms with Crippen LogP contribution in [0.1, 0.15) is 27.2 Å². The molecule has 0 saturated carbocycles. The van der Waals surface area contributed by atoms with E-state index >= 15 is 0 Å². The van der Waals surface area contributed by atoms with Crippen molar-refractivity contribution in [1.82, 2.24) is 10.2 Å². The fourth-order valence-corrected chi connectivity index (χ4v) is 1.97. The molecule has 1 aliphatic rings. The van der Waals surface area contributed by atoms with Gasteiger partial charge in [0.25, 0.3) is 0 Å². The van der Waals surface area contributed by atoms with Gasteiger partial charge in [-0.3, -0.25) is 4.79 Å². The second-order valence-corrected chi connectivity index (χ2v) is 5.03. The molecule has 3 atom stereocenters. The van der Waals surface area contributed by atoms with E-state index in [4.69, 9.17) is 5.11 Å². The van der Waals surface area contributed by atoms with Crippen LogP contribution in [-0.4, -0.2) is 41.6 Å². The van der Waals surface area contributed by atoms with Gasteiger partial charge in [-0.2, -0.15) is 0 Å². The van der Waals surface area contributed by atoms with Crippen LogP contribution in [0.4, 0.5) is 4.79 Å². The van der Waals surface area contributed by atoms with E-state index in [1.54, 1.807) is 4.90 Å². The van der Waals surface area contributed by atoms with Gasteiger partial charge in [0.15, 0.2) is 0 Å². The van der Waals surface area contributed by atoms with Crippen molar-refractivity contribution in [3.8, 4) is 0 Å². The van der Waals surface area contributed by atoms with E-state index in [1.165, 1.54) is 0 Å². The molecule has 2 amide bonds. The number of carboxylic acid groups (broad SMARTS) is 1. The number of carbonyl (C=O) groups is 2. The third-order valence-corrected chi connectivity index (χ3v) is 3.52. The predicted molar refractivity (Wildman–Crippen MR) is 64.7 cm³/mol. The normalized spacial score (nSPS) is 25.7. The molecule has 1 unspecified atom stereocenters. The SMILES string of the molecule is CCC(C)CNC(=O)N1C[C@@H](C)[C@H](C(=O)O)C1. The lowest BCUT2D eigenvalue weighted by atomic mass is 9.99. The molecular weight excluding hydrogens is 220 g/mol. The summed E-state index contributed by atoms with van der Waals surface area (Å²) in [5.74, 6) is -0.754. The Bertz CT molecular complexity index is 293. The highest BCUT2D eigenvalue weighted by molar-refractivity contribution is 5.77. The number of amides is 2. The largest absolute Gasteiger partial charge is 0.481 e. The van der Waals surface area contributed by atoms with Crippen LogP contribution in [0.2, 0.25) is 0 Å². The number of nitrogens with zero attached hydrogens (tertiary/aromatic N) is 1. The van der Waals surface area contributed by atoms with Gasteiger partial charge in [-0.25, -0.2) is 4.79 Å². The topological polar surface area (TPSA) is 69.6 Å². The summed E-state index contributed by atoms with van der Waals surface area (Å²) >= 11 is 0. The molecule has 5 nitrogen and oxygen atoms in total. The molecule has 0 aromatic rings. The molecule has 17 heavy (non-hydrogen) atoms. The van der Waals surface area contributed by atoms with Crippen LogP contribution < -0.4 is 5.32 Å². The number of aliphatic carboxylic acids is 1. The Balaban J connectivity index is 2.42. The van der Waals surface area contributed by atoms with Gasteiger partial charge in [0.05, 0.1) is 5.92 Å². The Morgan fingerprint density at radius 2 is 2.12 bits per heavy atom. The molecule has 1 fully saturated rings. The average molecular weight is 242 g/mol. The first kappa shape index (κ1) is 13.8. The van der Waals surface area contributed by atoms with Crippen molar-refractivity contribution in [3.05, 3.63) is 0 Å². The standard InChI is InChI=1S/C12H22N2O3/c1-4-8(2)5-13-12(17)14-6-9(3)10(7-14)11(15)16/h8-10H,4-7H2,1-3H3,(H,13,17)(H,15,16)/t8?,9-,10-/m1/s1. The molecule has 0 aliphatic carbocycles. The first-order valence-electron chi connectivity index (χ1n) is 6.21. The highest BCUT2D eigenvalue weighted by atomic mass is 16.4. The maximum atomic E-state index is 11.8. The Morgan fingerprint density at radius 1 is 1.47 bits per heavy atom. The van der Waals surface area contributed by atoms with Gasteiger partial charge >= 0.3 is 12.0 Å². The highest BCUT2D eigenvalue weighted by Crippen LogP contribution is 2.22. The van der Waals surface area contributed by atoms with E-state index in [-0.39, 0.29) is 11.9 Å². The highest BCUT2D eigenvalue weighted by Gasteiger charge is 2.36. The van der Waals surface area contributed by atoms with Crippen molar-refractivity contribution in [2.75, 3.05) is 19.6 Å². The van der Waals surface area contributed by atoms with Crippen molar-refractivity contribution in [3.63, 3.8) is 0 Å². The van der Waals surface area contributed by atoms with E-state index < -0.39 is 11.9 Å². The molecule has 0 aromatic carbocycles. The molecule has 2 N–H and O–H groups in total. The quantitative estimate of drug-likeness (QED) is 0.782. The van der Waals surface area contributed by atoms with Crippen LogP contribution in [0, 0.1) is 17.8 Å². The number of carboxylic acids is 1. The van der Waals surface area contributed by atoms with E-state index in [2.05, 4.69) is 19.2 Å². The molecular formula is C12H22N2O3. The average Bonchev–Trinajstić information content (AvgIpc) is 2.67. The number of nitrogens with one attached hydrogen (secondary N) is 1. The molecule has 0 bridgehead atoms. The number of carbonyl (C=O) groups excluding carboxylic acids is 1. The third kappa shape index (κ3) is 3.61. The van der Waals surface area contributed by atoms with Gasteiger partial charge in [-0.15, -0.1) is 0 Å². The third-order valence-electron chi connectivity index (χ3n) is 3.52. The summed E-state index contributed by atoms with van der Waals surface area (Å²) in [4.78, 5) is 24.3. The van der Waals surface area contributed by atoms with Gasteiger partial charge in [-0.1, -0.05) is 27.2 Å². The lowest BCUT2D eigenvalue weighted by Crippen LogP contribution is -2.40. The van der Waals surface area contributed by atoms with Crippen LogP contribution >= 0.6 is 0 Å². The fourth-order valence-electron chi connectivity index (χ4n) is 1.97. The molecule has 1 aliphatic heterocycles. The van der Waals surface area contributed by atoms with Gasteiger partial charge in [0.2, 0.25) is 0 Å². The van der Waals surface area contributed by atoms with Crippen molar-refractivity contribution in [2.45, 2.75) is 27.2 Å². The number of rotatable bonds is 4. The van der Waals surface area contributed by atoms with E-state index in [1.807, 2.05) is 6.92 Å². The zero-order chi connectivity index (χ0) is 13.0. The molecule has 0 aromatic heterocycles. The second-order valence-electron chi connectivity index (χ2n) is 5.03. The Morgan fingerprint density at radius 3 is 2.59 bits per heavy atom.